The maximum absolute atomic E-state index is 12.1. The number of aliphatic carboxylic acids is 1. The number of rotatable bonds is 7. The van der Waals surface area contributed by atoms with Crippen molar-refractivity contribution in [1.82, 2.24) is 10.2 Å². The number of carboxylic acid groups (broad SMARTS) is 1. The normalized spacial score (nSPS) is 11.7. The number of hydrogen-bond donors (Lipinski definition) is 2. The minimum Gasteiger partial charge on any atom is -0.481 e. The molecule has 5 nitrogen and oxygen atoms in total. The molecular weight excluding hydrogens is 256 g/mol. The maximum atomic E-state index is 12.1. The first kappa shape index (κ1) is 16.0. The average molecular weight is 278 g/mol. The smallest absolute Gasteiger partial charge is 0.317 e. The summed E-state index contributed by atoms with van der Waals surface area (Å²) in [6, 6.07) is 9.46. The van der Waals surface area contributed by atoms with E-state index in [1.165, 1.54) is 0 Å². The van der Waals surface area contributed by atoms with E-state index in [0.29, 0.717) is 19.5 Å². The Kier molecular flexibility index (Phi) is 6.56. The highest BCUT2D eigenvalue weighted by molar-refractivity contribution is 5.74. The number of nitrogens with zero attached hydrogens (tertiary/aromatic N) is 1. The van der Waals surface area contributed by atoms with Gasteiger partial charge in [0.05, 0.1) is 0 Å². The molecule has 1 aromatic carbocycles. The van der Waals surface area contributed by atoms with Gasteiger partial charge in [0.15, 0.2) is 0 Å². The number of benzene rings is 1. The van der Waals surface area contributed by atoms with Crippen molar-refractivity contribution in [3.05, 3.63) is 35.9 Å². The first-order valence-corrected chi connectivity index (χ1v) is 6.84. The predicted octanol–water partition coefficient (Wildman–Crippen LogP) is 2.47. The zero-order valence-electron chi connectivity index (χ0n) is 12.0. The number of carboxylic acids is 1. The molecule has 1 atom stereocenters. The minimum atomic E-state index is -0.845. The molecule has 1 unspecified atom stereocenters. The summed E-state index contributed by atoms with van der Waals surface area (Å²) in [7, 11) is 0. The molecule has 0 aromatic heterocycles. The van der Waals surface area contributed by atoms with E-state index in [4.69, 9.17) is 5.11 Å². The summed E-state index contributed by atoms with van der Waals surface area (Å²) in [5.41, 5.74) is 1.07. The molecule has 0 fully saturated rings. The van der Waals surface area contributed by atoms with Gasteiger partial charge in [-0.3, -0.25) is 4.79 Å². The number of hydrogen-bond acceptors (Lipinski definition) is 2. The SMILES string of the molecule is CCN(Cc1ccccc1)C(=O)NC(C)CCC(=O)O. The Hall–Kier alpha value is -2.04. The summed E-state index contributed by atoms with van der Waals surface area (Å²) in [5.74, 6) is -0.845. The van der Waals surface area contributed by atoms with Crippen LogP contribution in [0.5, 0.6) is 0 Å². The predicted molar refractivity (Wildman–Crippen MR) is 77.4 cm³/mol. The van der Waals surface area contributed by atoms with Crippen LogP contribution in [0, 0.1) is 0 Å². The van der Waals surface area contributed by atoms with Crippen molar-refractivity contribution < 1.29 is 14.7 Å². The molecule has 0 saturated carbocycles. The molecule has 5 heteroatoms. The lowest BCUT2D eigenvalue weighted by molar-refractivity contribution is -0.137. The molecule has 0 heterocycles. The van der Waals surface area contributed by atoms with Crippen LogP contribution in [0.4, 0.5) is 4.79 Å². The van der Waals surface area contributed by atoms with Gasteiger partial charge < -0.3 is 15.3 Å². The Morgan fingerprint density at radius 3 is 2.50 bits per heavy atom. The molecule has 20 heavy (non-hydrogen) atoms. The summed E-state index contributed by atoms with van der Waals surface area (Å²) < 4.78 is 0. The van der Waals surface area contributed by atoms with E-state index in [1.54, 1.807) is 4.90 Å². The van der Waals surface area contributed by atoms with E-state index in [1.807, 2.05) is 44.2 Å². The Morgan fingerprint density at radius 2 is 1.95 bits per heavy atom. The molecule has 0 aliphatic carbocycles. The van der Waals surface area contributed by atoms with Crippen LogP contribution in [0.2, 0.25) is 0 Å². The standard InChI is InChI=1S/C15H22N2O3/c1-3-17(11-13-7-5-4-6-8-13)15(20)16-12(2)9-10-14(18)19/h4-8,12H,3,9-11H2,1-2H3,(H,16,20)(H,18,19). The molecule has 2 amide bonds. The van der Waals surface area contributed by atoms with Crippen molar-refractivity contribution in [2.45, 2.75) is 39.3 Å². The number of nitrogens with one attached hydrogen (secondary N) is 1. The Bertz CT molecular complexity index is 434. The zero-order valence-corrected chi connectivity index (χ0v) is 12.0. The van der Waals surface area contributed by atoms with Crippen LogP contribution in [0.15, 0.2) is 30.3 Å². The van der Waals surface area contributed by atoms with Gasteiger partial charge in [-0.1, -0.05) is 30.3 Å². The third-order valence-corrected chi connectivity index (χ3v) is 3.05. The maximum Gasteiger partial charge on any atom is 0.317 e. The summed E-state index contributed by atoms with van der Waals surface area (Å²) in [6.45, 7) is 4.89. The van der Waals surface area contributed by atoms with Crippen molar-refractivity contribution in [1.29, 1.82) is 0 Å². The Balaban J connectivity index is 2.48. The quantitative estimate of drug-likeness (QED) is 0.805. The summed E-state index contributed by atoms with van der Waals surface area (Å²) in [5, 5.41) is 11.5. The summed E-state index contributed by atoms with van der Waals surface area (Å²) >= 11 is 0. The van der Waals surface area contributed by atoms with Crippen LogP contribution in [0.25, 0.3) is 0 Å². The van der Waals surface area contributed by atoms with Gasteiger partial charge in [0.2, 0.25) is 0 Å². The van der Waals surface area contributed by atoms with Crippen LogP contribution < -0.4 is 5.32 Å². The Morgan fingerprint density at radius 1 is 1.30 bits per heavy atom. The highest BCUT2D eigenvalue weighted by Crippen LogP contribution is 2.05. The second-order valence-corrected chi connectivity index (χ2v) is 4.78. The van der Waals surface area contributed by atoms with Gasteiger partial charge in [0.25, 0.3) is 0 Å². The highest BCUT2D eigenvalue weighted by atomic mass is 16.4. The fraction of sp³-hybridized carbons (Fsp3) is 0.467. The van der Waals surface area contributed by atoms with Crippen LogP contribution in [0.3, 0.4) is 0 Å². The molecule has 0 aliphatic rings. The van der Waals surface area contributed by atoms with Crippen LogP contribution >= 0.6 is 0 Å². The highest BCUT2D eigenvalue weighted by Gasteiger charge is 2.15. The Labute approximate surface area is 119 Å². The van der Waals surface area contributed by atoms with Crippen LogP contribution in [-0.4, -0.2) is 34.6 Å². The lowest BCUT2D eigenvalue weighted by atomic mass is 10.2. The topological polar surface area (TPSA) is 69.6 Å². The largest absolute Gasteiger partial charge is 0.481 e. The van der Waals surface area contributed by atoms with Crippen molar-refractivity contribution >= 4 is 12.0 Å². The van der Waals surface area contributed by atoms with Crippen molar-refractivity contribution in [3.63, 3.8) is 0 Å². The molecule has 0 saturated heterocycles. The summed E-state index contributed by atoms with van der Waals surface area (Å²) in [6.07, 6.45) is 0.496. The van der Waals surface area contributed by atoms with E-state index in [9.17, 15) is 9.59 Å². The lowest BCUT2D eigenvalue weighted by Crippen LogP contribution is -2.43. The van der Waals surface area contributed by atoms with Gasteiger partial charge in [0, 0.05) is 25.6 Å². The number of carbonyl (C=O) groups excluding carboxylic acids is 1. The fourth-order valence-corrected chi connectivity index (χ4v) is 1.85. The summed E-state index contributed by atoms with van der Waals surface area (Å²) in [4.78, 5) is 24.3. The number of carbonyl (C=O) groups is 2. The van der Waals surface area contributed by atoms with E-state index < -0.39 is 5.97 Å². The van der Waals surface area contributed by atoms with E-state index in [0.717, 1.165) is 5.56 Å². The van der Waals surface area contributed by atoms with E-state index in [2.05, 4.69) is 5.32 Å². The molecule has 1 rings (SSSR count). The van der Waals surface area contributed by atoms with Gasteiger partial charge in [-0.2, -0.15) is 0 Å². The second kappa shape index (κ2) is 8.19. The molecular formula is C15H22N2O3. The number of amides is 2. The minimum absolute atomic E-state index is 0.0618. The van der Waals surface area contributed by atoms with E-state index in [-0.39, 0.29) is 18.5 Å². The lowest BCUT2D eigenvalue weighted by Gasteiger charge is -2.24. The number of urea groups is 1. The van der Waals surface area contributed by atoms with Gasteiger partial charge in [-0.25, -0.2) is 4.79 Å². The first-order chi connectivity index (χ1) is 9.52. The first-order valence-electron chi connectivity index (χ1n) is 6.84. The van der Waals surface area contributed by atoms with Crippen molar-refractivity contribution in [3.8, 4) is 0 Å². The van der Waals surface area contributed by atoms with Crippen LogP contribution in [-0.2, 0) is 11.3 Å². The third kappa shape index (κ3) is 5.73. The van der Waals surface area contributed by atoms with E-state index >= 15 is 0 Å². The van der Waals surface area contributed by atoms with Gasteiger partial charge in [0.1, 0.15) is 0 Å². The fourth-order valence-electron chi connectivity index (χ4n) is 1.85. The van der Waals surface area contributed by atoms with Crippen molar-refractivity contribution in [2.75, 3.05) is 6.54 Å². The molecule has 0 spiro atoms. The van der Waals surface area contributed by atoms with Crippen LogP contribution in [0.1, 0.15) is 32.3 Å². The average Bonchev–Trinajstić information content (AvgIpc) is 2.43. The van der Waals surface area contributed by atoms with Gasteiger partial charge in [-0.05, 0) is 25.8 Å². The molecule has 2 N–H and O–H groups in total. The second-order valence-electron chi connectivity index (χ2n) is 4.78. The third-order valence-electron chi connectivity index (χ3n) is 3.05. The van der Waals surface area contributed by atoms with Gasteiger partial charge >= 0.3 is 12.0 Å². The monoisotopic (exact) mass is 278 g/mol. The van der Waals surface area contributed by atoms with Crippen molar-refractivity contribution in [2.24, 2.45) is 0 Å². The molecule has 0 radical (unpaired) electrons. The molecule has 0 bridgehead atoms. The molecule has 110 valence electrons. The zero-order chi connectivity index (χ0) is 15.0. The molecule has 0 aliphatic heterocycles. The molecule has 1 aromatic rings. The van der Waals surface area contributed by atoms with Gasteiger partial charge in [-0.15, -0.1) is 0 Å².